The fourth-order valence-electron chi connectivity index (χ4n) is 9.23. The van der Waals surface area contributed by atoms with Crippen molar-refractivity contribution in [2.45, 2.75) is 25.3 Å². The number of rotatable bonds is 12. The van der Waals surface area contributed by atoms with E-state index in [-0.39, 0.29) is 0 Å². The number of nitrogens with one attached hydrogen (secondary N) is 1. The second-order valence-electron chi connectivity index (χ2n) is 16.7. The Bertz CT molecular complexity index is 3100. The zero-order valence-electron chi connectivity index (χ0n) is 39.0. The lowest BCUT2D eigenvalue weighted by Crippen LogP contribution is -2.29. The predicted octanol–water partition coefficient (Wildman–Crippen LogP) is 15.7. The van der Waals surface area contributed by atoms with Crippen LogP contribution in [0.5, 0.6) is 0 Å². The van der Waals surface area contributed by atoms with Crippen molar-refractivity contribution in [3.63, 3.8) is 0 Å². The van der Waals surface area contributed by atoms with E-state index >= 15 is 0 Å². The first-order valence-electron chi connectivity index (χ1n) is 23.4. The Balaban J connectivity index is 0.000000332. The Morgan fingerprint density at radius 2 is 0.897 bits per heavy atom. The Labute approximate surface area is 403 Å². The van der Waals surface area contributed by atoms with Crippen molar-refractivity contribution < 1.29 is 0 Å². The van der Waals surface area contributed by atoms with E-state index in [2.05, 4.69) is 242 Å². The molecule has 0 bridgehead atoms. The smallest absolute Gasteiger partial charge is 0.0728 e. The van der Waals surface area contributed by atoms with E-state index in [1.807, 2.05) is 31.2 Å². The summed E-state index contributed by atoms with van der Waals surface area (Å²) >= 11 is 0. The highest BCUT2D eigenvalue weighted by atomic mass is 14.9. The highest BCUT2D eigenvalue weighted by Gasteiger charge is 2.47. The second-order valence-corrected chi connectivity index (χ2v) is 16.7. The zero-order valence-corrected chi connectivity index (χ0v) is 39.0. The molecule has 0 heterocycles. The average Bonchev–Trinajstić information content (AvgIpc) is 3.71. The number of fused-ring (bicyclic) bond motifs is 3. The van der Waals surface area contributed by atoms with Crippen LogP contribution in [0.3, 0.4) is 0 Å². The van der Waals surface area contributed by atoms with Crippen LogP contribution in [0, 0.1) is 0 Å². The lowest BCUT2D eigenvalue weighted by atomic mass is 9.66. The number of para-hydroxylation sites is 2. The van der Waals surface area contributed by atoms with E-state index in [1.165, 1.54) is 84.9 Å². The van der Waals surface area contributed by atoms with Gasteiger partial charge in [0.25, 0.3) is 0 Å². The molecular formula is C65H59N3. The maximum Gasteiger partial charge on any atom is 0.0728 e. The summed E-state index contributed by atoms with van der Waals surface area (Å²) in [6.45, 7) is 7.48. The monoisotopic (exact) mass is 881 g/mol. The van der Waals surface area contributed by atoms with Crippen molar-refractivity contribution in [1.82, 2.24) is 0 Å². The van der Waals surface area contributed by atoms with Crippen LogP contribution in [0.2, 0.25) is 0 Å². The zero-order chi connectivity index (χ0) is 47.1. The molecule has 9 aromatic rings. The van der Waals surface area contributed by atoms with Gasteiger partial charge in [-0.25, -0.2) is 0 Å². The Kier molecular flexibility index (Phi) is 15.3. The number of benzene rings is 9. The summed E-state index contributed by atoms with van der Waals surface area (Å²) < 4.78 is 0. The molecule has 0 aliphatic heterocycles. The van der Waals surface area contributed by atoms with E-state index in [1.54, 1.807) is 0 Å². The third-order valence-electron chi connectivity index (χ3n) is 12.6. The van der Waals surface area contributed by atoms with E-state index in [0.29, 0.717) is 6.54 Å². The Morgan fingerprint density at radius 3 is 1.46 bits per heavy atom. The molecule has 1 atom stereocenters. The molecule has 0 saturated carbocycles. The van der Waals surface area contributed by atoms with Crippen molar-refractivity contribution >= 4 is 11.4 Å². The van der Waals surface area contributed by atoms with Gasteiger partial charge < -0.3 is 16.8 Å². The first kappa shape index (κ1) is 46.4. The first-order valence-corrected chi connectivity index (χ1v) is 23.4. The van der Waals surface area contributed by atoms with Gasteiger partial charge in [0.05, 0.1) is 5.41 Å². The minimum Gasteiger partial charge on any atom is -0.355 e. The predicted molar refractivity (Wildman–Crippen MR) is 291 cm³/mol. The molecule has 68 heavy (non-hydrogen) atoms. The van der Waals surface area contributed by atoms with Crippen LogP contribution >= 0.6 is 0 Å². The number of anilines is 2. The highest BCUT2D eigenvalue weighted by Crippen LogP contribution is 2.58. The van der Waals surface area contributed by atoms with Gasteiger partial charge in [-0.15, -0.1) is 0 Å². The molecule has 0 spiro atoms. The van der Waals surface area contributed by atoms with Crippen LogP contribution in [-0.4, -0.2) is 7.05 Å². The number of hydrogen-bond donors (Lipinski definition) is 3. The van der Waals surface area contributed by atoms with Crippen molar-refractivity contribution in [1.29, 1.82) is 0 Å². The number of nitrogens with two attached hydrogens (primary N) is 2. The number of allylic oxidation sites excluding steroid dienone is 5. The quantitative estimate of drug-likeness (QED) is 0.107. The summed E-state index contributed by atoms with van der Waals surface area (Å²) in [6, 6.07) is 82.2. The van der Waals surface area contributed by atoms with E-state index in [9.17, 15) is 0 Å². The summed E-state index contributed by atoms with van der Waals surface area (Å²) in [4.78, 5) is 0. The molecule has 3 nitrogen and oxygen atoms in total. The fraction of sp³-hybridized carbons (Fsp3) is 0.0769. The van der Waals surface area contributed by atoms with Crippen molar-refractivity contribution in [2.24, 2.45) is 11.5 Å². The van der Waals surface area contributed by atoms with E-state index < -0.39 is 5.41 Å². The largest absolute Gasteiger partial charge is 0.355 e. The van der Waals surface area contributed by atoms with Gasteiger partial charge in [0.2, 0.25) is 0 Å². The molecule has 3 heteroatoms. The van der Waals surface area contributed by atoms with Gasteiger partial charge in [-0.05, 0) is 128 Å². The topological polar surface area (TPSA) is 64.1 Å². The standard InChI is InChI=1S/C51H41N.C13H13N.CH5N/c1-3-4-7-16-37(2)51(48-23-14-15-24-50(48)52-44-19-10-6-11-20-44)47-22-13-12-21-45(47)46-34-33-43(36-49(46)51)42-31-27-39(28-32-42)35-38-25-29-41(30-26-38)40-17-8-5-9-18-40;14-10-11-6-8-13(9-7-11)12-4-2-1-3-5-12;1-2/h3-34,36,52H,2,35H2,1H3;1-9H,10,14H2;2H2,1H3/b4-3-,16-7-;;. The SMILES string of the molecule is C=C(/C=C\C=C/C)C1(c2ccccc2Nc2ccccc2)c2ccccc2-c2ccc(-c3ccc(Cc4ccc(-c5ccccc5)cc4)cc3)cc21.CN.NCc1ccc(-c2ccccc2)cc1. The molecule has 5 N–H and O–H groups in total. The third-order valence-corrected chi connectivity index (χ3v) is 12.6. The van der Waals surface area contributed by atoms with Gasteiger partial charge in [0, 0.05) is 17.9 Å². The second kappa shape index (κ2) is 22.4. The maximum absolute atomic E-state index is 5.54. The normalized spacial score (nSPS) is 13.4. The number of hydrogen-bond acceptors (Lipinski definition) is 3. The molecule has 9 aromatic carbocycles. The summed E-state index contributed by atoms with van der Waals surface area (Å²) in [7, 11) is 1.50. The molecule has 1 aliphatic carbocycles. The van der Waals surface area contributed by atoms with Crippen LogP contribution in [0.4, 0.5) is 11.4 Å². The minimum atomic E-state index is -0.621. The average molecular weight is 882 g/mol. The van der Waals surface area contributed by atoms with Gasteiger partial charge >= 0.3 is 0 Å². The molecule has 0 aromatic heterocycles. The molecular weight excluding hydrogens is 823 g/mol. The Morgan fingerprint density at radius 1 is 0.456 bits per heavy atom. The molecule has 0 amide bonds. The molecule has 10 rings (SSSR count). The van der Waals surface area contributed by atoms with Gasteiger partial charge in [-0.2, -0.15) is 0 Å². The molecule has 1 aliphatic rings. The van der Waals surface area contributed by atoms with Crippen LogP contribution in [0.25, 0.3) is 44.5 Å². The minimum absolute atomic E-state index is 0.606. The van der Waals surface area contributed by atoms with E-state index in [4.69, 9.17) is 12.3 Å². The van der Waals surface area contributed by atoms with Crippen LogP contribution in [0.15, 0.2) is 267 Å². The van der Waals surface area contributed by atoms with Crippen molar-refractivity contribution in [3.8, 4) is 44.5 Å². The summed E-state index contributed by atoms with van der Waals surface area (Å²) in [5.74, 6) is 0. The van der Waals surface area contributed by atoms with E-state index in [0.717, 1.165) is 23.4 Å². The summed E-state index contributed by atoms with van der Waals surface area (Å²) in [6.07, 6.45) is 9.31. The van der Waals surface area contributed by atoms with Crippen LogP contribution in [0.1, 0.15) is 40.3 Å². The van der Waals surface area contributed by atoms with Crippen molar-refractivity contribution in [2.75, 3.05) is 12.4 Å². The van der Waals surface area contributed by atoms with Crippen LogP contribution in [-0.2, 0) is 18.4 Å². The van der Waals surface area contributed by atoms with Crippen LogP contribution < -0.4 is 16.8 Å². The summed E-state index contributed by atoms with van der Waals surface area (Å²) in [5, 5.41) is 3.76. The lowest BCUT2D eigenvalue weighted by Gasteiger charge is -2.36. The van der Waals surface area contributed by atoms with Gasteiger partial charge in [0.1, 0.15) is 0 Å². The molecule has 1 unspecified atom stereocenters. The molecule has 334 valence electrons. The first-order chi connectivity index (χ1) is 33.5. The van der Waals surface area contributed by atoms with Crippen molar-refractivity contribution in [3.05, 3.63) is 300 Å². The van der Waals surface area contributed by atoms with Gasteiger partial charge in [-0.3, -0.25) is 0 Å². The summed E-state index contributed by atoms with van der Waals surface area (Å²) in [5.41, 5.74) is 29.8. The Hall–Kier alpha value is -8.08. The fourth-order valence-corrected chi connectivity index (χ4v) is 9.23. The molecule has 0 fully saturated rings. The van der Waals surface area contributed by atoms with Gasteiger partial charge in [-0.1, -0.05) is 237 Å². The highest BCUT2D eigenvalue weighted by molar-refractivity contribution is 5.90. The molecule has 0 saturated heterocycles. The molecule has 0 radical (unpaired) electrons. The van der Waals surface area contributed by atoms with Gasteiger partial charge in [0.15, 0.2) is 0 Å². The lowest BCUT2D eigenvalue weighted by molar-refractivity contribution is 0.773. The third kappa shape index (κ3) is 10.2. The maximum atomic E-state index is 5.54.